The van der Waals surface area contributed by atoms with Crippen LogP contribution in [-0.2, 0) is 4.79 Å². The van der Waals surface area contributed by atoms with E-state index >= 15 is 0 Å². The van der Waals surface area contributed by atoms with E-state index in [1.165, 1.54) is 11.3 Å². The van der Waals surface area contributed by atoms with Crippen LogP contribution in [0, 0.1) is 6.92 Å². The van der Waals surface area contributed by atoms with Gasteiger partial charge in [-0.2, -0.15) is 0 Å². The van der Waals surface area contributed by atoms with Crippen LogP contribution in [0.2, 0.25) is 10.0 Å². The van der Waals surface area contributed by atoms with Crippen molar-refractivity contribution in [3.8, 4) is 0 Å². The third-order valence-electron chi connectivity index (χ3n) is 3.94. The number of hydrogen-bond acceptors (Lipinski definition) is 4. The smallest absolute Gasteiger partial charge is 0.266 e. The van der Waals surface area contributed by atoms with E-state index in [1.807, 2.05) is 0 Å². The van der Waals surface area contributed by atoms with Crippen LogP contribution in [-0.4, -0.2) is 34.3 Å². The topological polar surface area (TPSA) is 62.3 Å². The van der Waals surface area contributed by atoms with Crippen molar-refractivity contribution in [2.24, 2.45) is 0 Å². The van der Waals surface area contributed by atoms with Crippen LogP contribution in [0.4, 0.5) is 5.69 Å². The molecule has 2 aromatic rings. The number of anilines is 1. The summed E-state index contributed by atoms with van der Waals surface area (Å²) in [6, 6.07) is 4.35. The van der Waals surface area contributed by atoms with E-state index in [-0.39, 0.29) is 11.8 Å². The summed E-state index contributed by atoms with van der Waals surface area (Å²) in [6.07, 6.45) is 1.40. The first-order valence-corrected chi connectivity index (χ1v) is 9.08. The van der Waals surface area contributed by atoms with Crippen molar-refractivity contribution in [3.63, 3.8) is 0 Å². The molecule has 1 aliphatic heterocycles. The molecule has 0 radical (unpaired) electrons. The molecule has 1 aromatic heterocycles. The Balaban J connectivity index is 1.78. The van der Waals surface area contributed by atoms with Crippen LogP contribution >= 0.6 is 34.5 Å². The highest BCUT2D eigenvalue weighted by molar-refractivity contribution is 7.11. The second-order valence-electron chi connectivity index (χ2n) is 5.54. The number of nitrogens with zero attached hydrogens (tertiary/aromatic N) is 2. The van der Waals surface area contributed by atoms with Crippen LogP contribution in [0.5, 0.6) is 0 Å². The zero-order chi connectivity index (χ0) is 17.3. The first-order valence-electron chi connectivity index (χ1n) is 7.44. The fourth-order valence-electron chi connectivity index (χ4n) is 2.73. The lowest BCUT2D eigenvalue weighted by atomic mass is 10.2. The standard InChI is InChI=1S/C16H15Cl2N3O2S/c1-9-14(24-8-19-9)16(23)21-6-2-3-13(21)15(22)20-12-7-10(17)4-5-11(12)18/h4-5,7-8,13H,2-3,6H2,1H3,(H,20,22)/t13-/m1/s1. The summed E-state index contributed by atoms with van der Waals surface area (Å²) < 4.78 is 0. The largest absolute Gasteiger partial charge is 0.326 e. The van der Waals surface area contributed by atoms with Crippen molar-refractivity contribution in [2.45, 2.75) is 25.8 Å². The Bertz CT molecular complexity index is 793. The van der Waals surface area contributed by atoms with E-state index in [2.05, 4.69) is 10.3 Å². The minimum absolute atomic E-state index is 0.148. The van der Waals surface area contributed by atoms with Gasteiger partial charge in [-0.25, -0.2) is 4.98 Å². The van der Waals surface area contributed by atoms with Crippen molar-refractivity contribution in [1.82, 2.24) is 9.88 Å². The lowest BCUT2D eigenvalue weighted by molar-refractivity contribution is -0.119. The summed E-state index contributed by atoms with van der Waals surface area (Å²) in [4.78, 5) is 31.6. The highest BCUT2D eigenvalue weighted by atomic mass is 35.5. The number of hydrogen-bond donors (Lipinski definition) is 1. The van der Waals surface area contributed by atoms with Crippen LogP contribution in [0.15, 0.2) is 23.7 Å². The summed E-state index contributed by atoms with van der Waals surface area (Å²) in [5, 5.41) is 3.66. The van der Waals surface area contributed by atoms with Gasteiger partial charge in [-0.1, -0.05) is 23.2 Å². The van der Waals surface area contributed by atoms with Gasteiger partial charge in [-0.15, -0.1) is 11.3 Å². The number of nitrogens with one attached hydrogen (secondary N) is 1. The molecule has 1 saturated heterocycles. The van der Waals surface area contributed by atoms with Crippen LogP contribution in [0.3, 0.4) is 0 Å². The fraction of sp³-hybridized carbons (Fsp3) is 0.312. The molecule has 0 aliphatic carbocycles. The monoisotopic (exact) mass is 383 g/mol. The number of benzene rings is 1. The molecule has 0 spiro atoms. The van der Waals surface area contributed by atoms with E-state index in [0.717, 1.165) is 6.42 Å². The highest BCUT2D eigenvalue weighted by Crippen LogP contribution is 2.28. The Morgan fingerprint density at radius 3 is 2.88 bits per heavy atom. The first-order chi connectivity index (χ1) is 11.5. The zero-order valence-electron chi connectivity index (χ0n) is 12.9. The summed E-state index contributed by atoms with van der Waals surface area (Å²) in [6.45, 7) is 2.35. The lowest BCUT2D eigenvalue weighted by Gasteiger charge is -2.23. The van der Waals surface area contributed by atoms with Gasteiger partial charge in [-0.05, 0) is 38.0 Å². The number of carbonyl (C=O) groups is 2. The molecule has 1 fully saturated rings. The van der Waals surface area contributed by atoms with Crippen molar-refractivity contribution in [3.05, 3.63) is 44.3 Å². The molecule has 0 unspecified atom stereocenters. The molecule has 2 heterocycles. The number of carbonyl (C=O) groups excluding carboxylic acids is 2. The summed E-state index contributed by atoms with van der Waals surface area (Å²) in [7, 11) is 0. The number of aryl methyl sites for hydroxylation is 1. The predicted octanol–water partition coefficient (Wildman–Crippen LogP) is 4.00. The van der Waals surface area contributed by atoms with E-state index in [4.69, 9.17) is 23.2 Å². The summed E-state index contributed by atoms with van der Waals surface area (Å²) in [5.74, 6) is -0.406. The van der Waals surface area contributed by atoms with Gasteiger partial charge in [0.05, 0.1) is 21.9 Å². The van der Waals surface area contributed by atoms with Gasteiger partial charge in [0.2, 0.25) is 5.91 Å². The van der Waals surface area contributed by atoms with Gasteiger partial charge in [-0.3, -0.25) is 9.59 Å². The Morgan fingerprint density at radius 1 is 1.38 bits per heavy atom. The summed E-state index contributed by atoms with van der Waals surface area (Å²) >= 11 is 13.3. The molecule has 1 aliphatic rings. The fourth-order valence-corrected chi connectivity index (χ4v) is 3.82. The van der Waals surface area contributed by atoms with Crippen molar-refractivity contribution >= 4 is 52.0 Å². The predicted molar refractivity (Wildman–Crippen MR) is 96.0 cm³/mol. The molecular formula is C16H15Cl2N3O2S. The number of amides is 2. The molecule has 1 atom stereocenters. The van der Waals surface area contributed by atoms with Gasteiger partial charge in [0.1, 0.15) is 10.9 Å². The Hall–Kier alpha value is -1.63. The van der Waals surface area contributed by atoms with E-state index < -0.39 is 6.04 Å². The lowest BCUT2D eigenvalue weighted by Crippen LogP contribution is -2.43. The molecule has 5 nitrogen and oxygen atoms in total. The van der Waals surface area contributed by atoms with Crippen molar-refractivity contribution in [1.29, 1.82) is 0 Å². The van der Waals surface area contributed by atoms with Crippen molar-refractivity contribution < 1.29 is 9.59 Å². The number of likely N-dealkylation sites (tertiary alicyclic amines) is 1. The molecule has 126 valence electrons. The third-order valence-corrected chi connectivity index (χ3v) is 5.42. The summed E-state index contributed by atoms with van der Waals surface area (Å²) in [5.41, 5.74) is 2.77. The molecule has 0 bridgehead atoms. The van der Waals surface area contributed by atoms with E-state index in [1.54, 1.807) is 35.5 Å². The van der Waals surface area contributed by atoms with Crippen LogP contribution in [0.25, 0.3) is 0 Å². The maximum absolute atomic E-state index is 12.7. The van der Waals surface area contributed by atoms with Gasteiger partial charge in [0, 0.05) is 11.6 Å². The number of aromatic nitrogens is 1. The number of halogens is 2. The second kappa shape index (κ2) is 7.09. The maximum Gasteiger partial charge on any atom is 0.266 e. The normalized spacial score (nSPS) is 17.1. The van der Waals surface area contributed by atoms with Crippen LogP contribution in [0.1, 0.15) is 28.2 Å². The SMILES string of the molecule is Cc1ncsc1C(=O)N1CCC[C@@H]1C(=O)Nc1cc(Cl)ccc1Cl. The Labute approximate surface area is 153 Å². The Kier molecular flexibility index (Phi) is 5.08. The number of rotatable bonds is 3. The average Bonchev–Trinajstić information content (AvgIpc) is 3.19. The Morgan fingerprint density at radius 2 is 2.17 bits per heavy atom. The quantitative estimate of drug-likeness (QED) is 0.870. The third kappa shape index (κ3) is 3.41. The number of thiazole rings is 1. The average molecular weight is 384 g/mol. The van der Waals surface area contributed by atoms with Gasteiger partial charge in [0.15, 0.2) is 0 Å². The molecule has 3 rings (SSSR count). The van der Waals surface area contributed by atoms with E-state index in [0.29, 0.717) is 39.3 Å². The van der Waals surface area contributed by atoms with E-state index in [9.17, 15) is 9.59 Å². The molecule has 24 heavy (non-hydrogen) atoms. The minimum atomic E-state index is -0.519. The van der Waals surface area contributed by atoms with Crippen LogP contribution < -0.4 is 5.32 Å². The molecule has 0 saturated carbocycles. The minimum Gasteiger partial charge on any atom is -0.326 e. The van der Waals surface area contributed by atoms with Gasteiger partial charge < -0.3 is 10.2 Å². The molecule has 8 heteroatoms. The molecule has 1 N–H and O–H groups in total. The zero-order valence-corrected chi connectivity index (χ0v) is 15.2. The molecular weight excluding hydrogens is 369 g/mol. The maximum atomic E-state index is 12.7. The highest BCUT2D eigenvalue weighted by Gasteiger charge is 2.35. The molecule has 1 aromatic carbocycles. The molecule has 2 amide bonds. The van der Waals surface area contributed by atoms with Crippen molar-refractivity contribution in [2.75, 3.05) is 11.9 Å². The second-order valence-corrected chi connectivity index (χ2v) is 7.24. The van der Waals surface area contributed by atoms with Gasteiger partial charge in [0.25, 0.3) is 5.91 Å². The first kappa shape index (κ1) is 17.2. The van der Waals surface area contributed by atoms with Gasteiger partial charge >= 0.3 is 0 Å².